The number of thiazole rings is 1. The summed E-state index contributed by atoms with van der Waals surface area (Å²) in [7, 11) is 1.73. The van der Waals surface area contributed by atoms with Gasteiger partial charge in [0.2, 0.25) is 0 Å². The number of aromatic carboxylic acids is 1. The van der Waals surface area contributed by atoms with Gasteiger partial charge in [0.25, 0.3) is 0 Å². The predicted octanol–water partition coefficient (Wildman–Crippen LogP) is 2.29. The summed E-state index contributed by atoms with van der Waals surface area (Å²) >= 11 is 2.89. The van der Waals surface area contributed by atoms with Crippen LogP contribution in [-0.2, 0) is 13.0 Å². The first-order valence-corrected chi connectivity index (χ1v) is 8.01. The Bertz CT molecular complexity index is 610. The highest BCUT2D eigenvalue weighted by atomic mass is 32.1. The fourth-order valence-electron chi connectivity index (χ4n) is 1.61. The number of nitrogens with zero attached hydrogens (tertiary/aromatic N) is 2. The number of carbonyl (C=O) groups is 2. The molecule has 0 fully saturated rings. The van der Waals surface area contributed by atoms with Gasteiger partial charge in [0.05, 0.1) is 6.54 Å². The summed E-state index contributed by atoms with van der Waals surface area (Å²) in [5.41, 5.74) is 0.00954. The lowest BCUT2D eigenvalue weighted by atomic mass is 10.3. The number of thiophene rings is 1. The third-order valence-corrected chi connectivity index (χ3v) is 4.57. The van der Waals surface area contributed by atoms with E-state index in [0.29, 0.717) is 11.6 Å². The predicted molar refractivity (Wildman–Crippen MR) is 82.0 cm³/mol. The van der Waals surface area contributed by atoms with Crippen molar-refractivity contribution in [2.24, 2.45) is 0 Å². The van der Waals surface area contributed by atoms with Gasteiger partial charge in [-0.05, 0) is 17.9 Å². The van der Waals surface area contributed by atoms with Crippen molar-refractivity contribution in [1.82, 2.24) is 15.2 Å². The number of hydrogen-bond acceptors (Lipinski definition) is 5. The maximum absolute atomic E-state index is 11.9. The molecular weight excluding hydrogens is 310 g/mol. The Morgan fingerprint density at radius 1 is 1.43 bits per heavy atom. The van der Waals surface area contributed by atoms with E-state index in [1.54, 1.807) is 23.3 Å². The van der Waals surface area contributed by atoms with Crippen LogP contribution >= 0.6 is 22.7 Å². The zero-order valence-electron chi connectivity index (χ0n) is 11.4. The normalized spacial score (nSPS) is 10.3. The Hall–Kier alpha value is -1.93. The van der Waals surface area contributed by atoms with Crippen LogP contribution < -0.4 is 5.32 Å². The monoisotopic (exact) mass is 325 g/mol. The van der Waals surface area contributed by atoms with Gasteiger partial charge in [-0.2, -0.15) is 0 Å². The molecule has 112 valence electrons. The maximum atomic E-state index is 11.9. The number of carbonyl (C=O) groups excluding carboxylic acids is 1. The zero-order chi connectivity index (χ0) is 15.2. The summed E-state index contributed by atoms with van der Waals surface area (Å²) in [6.07, 6.45) is 0.821. The second-order valence-electron chi connectivity index (χ2n) is 4.34. The number of urea groups is 1. The van der Waals surface area contributed by atoms with E-state index in [9.17, 15) is 9.59 Å². The Morgan fingerprint density at radius 3 is 2.86 bits per heavy atom. The fourth-order valence-corrected chi connectivity index (χ4v) is 3.02. The molecule has 0 radical (unpaired) electrons. The van der Waals surface area contributed by atoms with Crippen molar-refractivity contribution >= 4 is 34.7 Å². The highest BCUT2D eigenvalue weighted by Crippen LogP contribution is 2.10. The molecule has 0 aromatic carbocycles. The minimum absolute atomic E-state index is 0.00954. The van der Waals surface area contributed by atoms with E-state index in [1.807, 2.05) is 17.5 Å². The molecule has 21 heavy (non-hydrogen) atoms. The molecule has 0 spiro atoms. The molecule has 0 saturated carbocycles. The van der Waals surface area contributed by atoms with Crippen molar-refractivity contribution in [1.29, 1.82) is 0 Å². The number of likely N-dealkylation sites (N-methyl/N-ethyl adjacent to an activating group) is 1. The summed E-state index contributed by atoms with van der Waals surface area (Å²) < 4.78 is 0. The van der Waals surface area contributed by atoms with Gasteiger partial charge >= 0.3 is 12.0 Å². The average molecular weight is 325 g/mol. The van der Waals surface area contributed by atoms with E-state index in [2.05, 4.69) is 10.3 Å². The van der Waals surface area contributed by atoms with Gasteiger partial charge in [-0.15, -0.1) is 22.7 Å². The molecule has 2 N–H and O–H groups in total. The molecule has 0 aliphatic carbocycles. The quantitative estimate of drug-likeness (QED) is 0.853. The smallest absolute Gasteiger partial charge is 0.355 e. The molecule has 2 aromatic heterocycles. The van der Waals surface area contributed by atoms with Crippen LogP contribution in [0.2, 0.25) is 0 Å². The average Bonchev–Trinajstić information content (AvgIpc) is 3.13. The van der Waals surface area contributed by atoms with Gasteiger partial charge in [0.15, 0.2) is 5.69 Å². The third-order valence-electron chi connectivity index (χ3n) is 2.78. The molecule has 2 amide bonds. The standard InChI is InChI=1S/C13H15N3O3S2/c1-16(5-4-9-3-2-6-20-9)13(19)14-7-11-15-10(8-21-11)12(17)18/h2-3,6,8H,4-5,7H2,1H3,(H,14,19)(H,17,18). The van der Waals surface area contributed by atoms with E-state index >= 15 is 0 Å². The molecule has 0 unspecified atom stereocenters. The minimum atomic E-state index is -1.06. The molecule has 2 aromatic rings. The van der Waals surface area contributed by atoms with Crippen LogP contribution in [0.3, 0.4) is 0 Å². The van der Waals surface area contributed by atoms with Crippen molar-refractivity contribution in [3.05, 3.63) is 38.5 Å². The molecule has 8 heteroatoms. The molecule has 2 rings (SSSR count). The molecule has 0 saturated heterocycles. The van der Waals surface area contributed by atoms with Crippen molar-refractivity contribution in [2.75, 3.05) is 13.6 Å². The van der Waals surface area contributed by atoms with Crippen LogP contribution in [0.15, 0.2) is 22.9 Å². The molecule has 6 nitrogen and oxygen atoms in total. The van der Waals surface area contributed by atoms with Gasteiger partial charge in [-0.25, -0.2) is 14.6 Å². The molecule has 2 heterocycles. The van der Waals surface area contributed by atoms with Crippen LogP contribution in [0.5, 0.6) is 0 Å². The van der Waals surface area contributed by atoms with Gasteiger partial charge in [0, 0.05) is 23.8 Å². The Morgan fingerprint density at radius 2 is 2.24 bits per heavy atom. The molecular formula is C13H15N3O3S2. The van der Waals surface area contributed by atoms with E-state index in [4.69, 9.17) is 5.11 Å². The van der Waals surface area contributed by atoms with Crippen LogP contribution in [0.4, 0.5) is 4.79 Å². The maximum Gasteiger partial charge on any atom is 0.355 e. The van der Waals surface area contributed by atoms with Crippen molar-refractivity contribution < 1.29 is 14.7 Å². The zero-order valence-corrected chi connectivity index (χ0v) is 13.0. The SMILES string of the molecule is CN(CCc1cccs1)C(=O)NCc1nc(C(=O)O)cs1. The summed E-state index contributed by atoms with van der Waals surface area (Å²) in [4.78, 5) is 29.4. The number of hydrogen-bond donors (Lipinski definition) is 2. The lowest BCUT2D eigenvalue weighted by Crippen LogP contribution is -2.37. The van der Waals surface area contributed by atoms with E-state index in [1.165, 1.54) is 21.6 Å². The van der Waals surface area contributed by atoms with Crippen LogP contribution in [0.1, 0.15) is 20.4 Å². The Balaban J connectivity index is 1.76. The molecule has 0 aliphatic heterocycles. The van der Waals surface area contributed by atoms with E-state index in [-0.39, 0.29) is 18.3 Å². The summed E-state index contributed by atoms with van der Waals surface area (Å²) in [5, 5.41) is 15.6. The van der Waals surface area contributed by atoms with E-state index < -0.39 is 5.97 Å². The molecule has 0 atom stereocenters. The minimum Gasteiger partial charge on any atom is -0.476 e. The van der Waals surface area contributed by atoms with Gasteiger partial charge in [-0.1, -0.05) is 6.07 Å². The number of amides is 2. The highest BCUT2D eigenvalue weighted by Gasteiger charge is 2.11. The number of nitrogens with one attached hydrogen (secondary N) is 1. The van der Waals surface area contributed by atoms with Gasteiger partial charge in [-0.3, -0.25) is 0 Å². The first-order valence-electron chi connectivity index (χ1n) is 6.25. The summed E-state index contributed by atoms with van der Waals surface area (Å²) in [6.45, 7) is 0.866. The number of rotatable bonds is 6. The second-order valence-corrected chi connectivity index (χ2v) is 6.32. The lowest BCUT2D eigenvalue weighted by molar-refractivity contribution is 0.0691. The van der Waals surface area contributed by atoms with Crippen LogP contribution in [0.25, 0.3) is 0 Å². The fraction of sp³-hybridized carbons (Fsp3) is 0.308. The number of carboxylic acid groups (broad SMARTS) is 1. The first-order chi connectivity index (χ1) is 10.1. The van der Waals surface area contributed by atoms with Crippen molar-refractivity contribution in [3.63, 3.8) is 0 Å². The Labute approximate surface area is 130 Å². The lowest BCUT2D eigenvalue weighted by Gasteiger charge is -2.17. The molecule has 0 bridgehead atoms. The summed E-state index contributed by atoms with van der Waals surface area (Å²) in [5.74, 6) is -1.06. The number of aromatic nitrogens is 1. The van der Waals surface area contributed by atoms with Crippen molar-refractivity contribution in [2.45, 2.75) is 13.0 Å². The second kappa shape index (κ2) is 7.19. The van der Waals surface area contributed by atoms with E-state index in [0.717, 1.165) is 6.42 Å². The Kier molecular flexibility index (Phi) is 5.29. The molecule has 0 aliphatic rings. The van der Waals surface area contributed by atoms with Gasteiger partial charge in [0.1, 0.15) is 5.01 Å². The topological polar surface area (TPSA) is 82.5 Å². The largest absolute Gasteiger partial charge is 0.476 e. The van der Waals surface area contributed by atoms with Crippen molar-refractivity contribution in [3.8, 4) is 0 Å². The summed E-state index contributed by atoms with van der Waals surface area (Å²) in [6, 6.07) is 3.83. The number of carboxylic acids is 1. The van der Waals surface area contributed by atoms with Gasteiger partial charge < -0.3 is 15.3 Å². The first kappa shape index (κ1) is 15.5. The highest BCUT2D eigenvalue weighted by molar-refractivity contribution is 7.10. The third kappa shape index (κ3) is 4.54. The van der Waals surface area contributed by atoms with Crippen LogP contribution in [-0.4, -0.2) is 40.6 Å². The van der Waals surface area contributed by atoms with Crippen LogP contribution in [0, 0.1) is 0 Å².